The molecule has 30 heavy (non-hydrogen) atoms. The molecule has 7 nitrogen and oxygen atoms in total. The Balaban J connectivity index is 1.79. The van der Waals surface area contributed by atoms with Crippen molar-refractivity contribution in [3.63, 3.8) is 0 Å². The highest BCUT2D eigenvalue weighted by Gasteiger charge is 2.27. The summed E-state index contributed by atoms with van der Waals surface area (Å²) in [6.45, 7) is 1.76. The highest BCUT2D eigenvalue weighted by atomic mass is 19.1. The number of aryl methyl sites for hydroxylation is 1. The normalized spacial score (nSPS) is 11.8. The minimum Gasteiger partial charge on any atom is -0.418 e. The van der Waals surface area contributed by atoms with Crippen LogP contribution in [0.25, 0.3) is 11.5 Å². The minimum absolute atomic E-state index is 0.0915. The van der Waals surface area contributed by atoms with Gasteiger partial charge in [-0.1, -0.05) is 42.5 Å². The second kappa shape index (κ2) is 8.12. The molecule has 1 N–H and O–H groups in total. The van der Waals surface area contributed by atoms with Crippen molar-refractivity contribution in [2.45, 2.75) is 13.0 Å². The lowest BCUT2D eigenvalue weighted by atomic mass is 10.0. The van der Waals surface area contributed by atoms with E-state index in [1.807, 2.05) is 30.3 Å². The smallest absolute Gasteiger partial charge is 0.292 e. The summed E-state index contributed by atoms with van der Waals surface area (Å²) in [7, 11) is 0. The molecule has 3 aromatic carbocycles. The van der Waals surface area contributed by atoms with Gasteiger partial charge in [0.25, 0.3) is 5.69 Å². The number of anilines is 1. The zero-order valence-electron chi connectivity index (χ0n) is 15.9. The Hall–Kier alpha value is -4.07. The summed E-state index contributed by atoms with van der Waals surface area (Å²) >= 11 is 0. The van der Waals surface area contributed by atoms with Gasteiger partial charge < -0.3 is 9.73 Å². The Labute approximate surface area is 171 Å². The lowest BCUT2D eigenvalue weighted by Crippen LogP contribution is -2.15. The highest BCUT2D eigenvalue weighted by molar-refractivity contribution is 5.64. The maximum absolute atomic E-state index is 14.6. The zero-order valence-corrected chi connectivity index (χ0v) is 15.9. The van der Waals surface area contributed by atoms with E-state index in [-0.39, 0.29) is 28.7 Å². The van der Waals surface area contributed by atoms with Crippen LogP contribution in [0.3, 0.4) is 0 Å². The van der Waals surface area contributed by atoms with Gasteiger partial charge >= 0.3 is 0 Å². The maximum Gasteiger partial charge on any atom is 0.292 e. The fourth-order valence-corrected chi connectivity index (χ4v) is 3.10. The second-order valence-electron chi connectivity index (χ2n) is 6.69. The number of nitro benzene ring substituents is 1. The fraction of sp³-hybridized carbons (Fsp3) is 0.0909. The van der Waals surface area contributed by atoms with Crippen molar-refractivity contribution < 1.29 is 13.7 Å². The van der Waals surface area contributed by atoms with Crippen molar-refractivity contribution in [2.24, 2.45) is 0 Å². The van der Waals surface area contributed by atoms with Crippen LogP contribution in [0.15, 0.2) is 77.2 Å². The van der Waals surface area contributed by atoms with Crippen molar-refractivity contribution in [1.29, 1.82) is 0 Å². The molecule has 0 aliphatic rings. The van der Waals surface area contributed by atoms with Crippen LogP contribution in [0.2, 0.25) is 0 Å². The van der Waals surface area contributed by atoms with Gasteiger partial charge in [0.2, 0.25) is 11.8 Å². The van der Waals surface area contributed by atoms with Crippen molar-refractivity contribution >= 4 is 11.4 Å². The summed E-state index contributed by atoms with van der Waals surface area (Å²) in [4.78, 5) is 11.0. The summed E-state index contributed by atoms with van der Waals surface area (Å²) in [5, 5.41) is 22.7. The van der Waals surface area contributed by atoms with E-state index in [9.17, 15) is 14.5 Å². The lowest BCUT2D eigenvalue weighted by Gasteiger charge is -2.18. The number of nitrogens with zero attached hydrogens (tertiary/aromatic N) is 3. The Morgan fingerprint density at radius 1 is 1.03 bits per heavy atom. The molecule has 0 amide bonds. The third kappa shape index (κ3) is 3.88. The summed E-state index contributed by atoms with van der Waals surface area (Å²) in [5.41, 5.74) is 1.77. The van der Waals surface area contributed by atoms with Crippen molar-refractivity contribution in [1.82, 2.24) is 10.2 Å². The molecule has 0 bridgehead atoms. The van der Waals surface area contributed by atoms with Gasteiger partial charge in [-0.3, -0.25) is 10.1 Å². The Morgan fingerprint density at radius 2 is 1.77 bits per heavy atom. The third-order valence-corrected chi connectivity index (χ3v) is 4.57. The van der Waals surface area contributed by atoms with Crippen molar-refractivity contribution in [2.75, 3.05) is 5.32 Å². The zero-order chi connectivity index (χ0) is 21.1. The second-order valence-corrected chi connectivity index (χ2v) is 6.69. The van der Waals surface area contributed by atoms with E-state index in [4.69, 9.17) is 4.42 Å². The number of benzene rings is 3. The fourth-order valence-electron chi connectivity index (χ4n) is 3.10. The van der Waals surface area contributed by atoms with Crippen LogP contribution in [-0.2, 0) is 0 Å². The Morgan fingerprint density at radius 3 is 2.50 bits per heavy atom. The standard InChI is InChI=1S/C22H17FN4O3/c1-14-11-12-18(19(13-14)27(28)29)24-20(16-9-5-6-10-17(16)23)22-26-25-21(30-22)15-7-3-2-4-8-15/h2-13,20,24H,1H3. The number of nitro groups is 1. The molecule has 8 heteroatoms. The van der Waals surface area contributed by atoms with Crippen LogP contribution in [0.1, 0.15) is 23.1 Å². The maximum atomic E-state index is 14.6. The number of hydrogen-bond donors (Lipinski definition) is 1. The van der Waals surface area contributed by atoms with E-state index >= 15 is 0 Å². The lowest BCUT2D eigenvalue weighted by molar-refractivity contribution is -0.384. The molecule has 0 spiro atoms. The number of aromatic nitrogens is 2. The summed E-state index contributed by atoms with van der Waals surface area (Å²) in [5.74, 6) is -0.134. The first-order valence-corrected chi connectivity index (χ1v) is 9.18. The molecule has 0 radical (unpaired) electrons. The molecule has 0 saturated heterocycles. The van der Waals surface area contributed by atoms with E-state index in [1.165, 1.54) is 12.1 Å². The molecule has 1 aromatic heterocycles. The highest BCUT2D eigenvalue weighted by Crippen LogP contribution is 2.33. The van der Waals surface area contributed by atoms with Crippen LogP contribution >= 0.6 is 0 Å². The van der Waals surface area contributed by atoms with Crippen molar-refractivity contribution in [3.05, 3.63) is 106 Å². The van der Waals surface area contributed by atoms with Gasteiger partial charge in [-0.25, -0.2) is 4.39 Å². The molecule has 0 fully saturated rings. The molecule has 0 aliphatic heterocycles. The van der Waals surface area contributed by atoms with E-state index in [0.717, 1.165) is 5.56 Å². The van der Waals surface area contributed by atoms with Crippen LogP contribution in [0.5, 0.6) is 0 Å². The number of halogens is 1. The monoisotopic (exact) mass is 404 g/mol. The van der Waals surface area contributed by atoms with Crippen LogP contribution in [0, 0.1) is 22.9 Å². The average molecular weight is 404 g/mol. The van der Waals surface area contributed by atoms with E-state index in [2.05, 4.69) is 15.5 Å². The first-order chi connectivity index (χ1) is 14.5. The van der Waals surface area contributed by atoms with Gasteiger partial charge in [0, 0.05) is 17.2 Å². The largest absolute Gasteiger partial charge is 0.418 e. The van der Waals surface area contributed by atoms with Gasteiger partial charge in [-0.2, -0.15) is 0 Å². The Kier molecular flexibility index (Phi) is 5.21. The third-order valence-electron chi connectivity index (χ3n) is 4.57. The number of rotatable bonds is 6. The molecule has 4 rings (SSSR count). The van der Waals surface area contributed by atoms with Gasteiger partial charge in [-0.05, 0) is 36.8 Å². The van der Waals surface area contributed by atoms with Crippen LogP contribution < -0.4 is 5.32 Å². The first kappa shape index (κ1) is 19.3. The summed E-state index contributed by atoms with van der Waals surface area (Å²) in [6, 6.07) is 19.1. The van der Waals surface area contributed by atoms with Gasteiger partial charge in [-0.15, -0.1) is 10.2 Å². The SMILES string of the molecule is Cc1ccc(NC(c2nnc(-c3ccccc3)o2)c2ccccc2F)c([N+](=O)[O-])c1. The summed E-state index contributed by atoms with van der Waals surface area (Å²) < 4.78 is 20.4. The van der Waals surface area contributed by atoms with Gasteiger partial charge in [0.05, 0.1) is 4.92 Å². The van der Waals surface area contributed by atoms with Gasteiger partial charge in [0.1, 0.15) is 17.5 Å². The molecule has 1 heterocycles. The predicted molar refractivity (Wildman–Crippen MR) is 109 cm³/mol. The quantitative estimate of drug-likeness (QED) is 0.346. The molecular weight excluding hydrogens is 387 g/mol. The van der Waals surface area contributed by atoms with Crippen molar-refractivity contribution in [3.8, 4) is 11.5 Å². The van der Waals surface area contributed by atoms with Crippen LogP contribution in [-0.4, -0.2) is 15.1 Å². The predicted octanol–water partition coefficient (Wildman–Crippen LogP) is 5.29. The molecule has 0 saturated carbocycles. The topological polar surface area (TPSA) is 94.1 Å². The van der Waals surface area contributed by atoms with E-state index in [0.29, 0.717) is 5.56 Å². The number of hydrogen-bond acceptors (Lipinski definition) is 6. The molecule has 150 valence electrons. The van der Waals surface area contributed by atoms with Gasteiger partial charge in [0.15, 0.2) is 0 Å². The minimum atomic E-state index is -0.919. The Bertz CT molecular complexity index is 1190. The molecule has 1 unspecified atom stereocenters. The van der Waals surface area contributed by atoms with Crippen LogP contribution in [0.4, 0.5) is 15.8 Å². The molecule has 0 aliphatic carbocycles. The number of nitrogens with one attached hydrogen (secondary N) is 1. The summed E-state index contributed by atoms with van der Waals surface area (Å²) in [6.07, 6.45) is 0. The average Bonchev–Trinajstić information content (AvgIpc) is 3.24. The first-order valence-electron chi connectivity index (χ1n) is 9.18. The molecule has 1 atom stereocenters. The molecule has 4 aromatic rings. The van der Waals surface area contributed by atoms with E-state index < -0.39 is 16.8 Å². The van der Waals surface area contributed by atoms with E-state index in [1.54, 1.807) is 37.3 Å². The molecular formula is C22H17FN4O3.